The van der Waals surface area contributed by atoms with E-state index in [4.69, 9.17) is 5.73 Å². The van der Waals surface area contributed by atoms with Crippen LogP contribution in [-0.4, -0.2) is 19.1 Å². The molecule has 1 heterocycles. The Labute approximate surface area is 68.5 Å². The second-order valence-electron chi connectivity index (χ2n) is 3.99. The van der Waals surface area contributed by atoms with Crippen molar-refractivity contribution in [2.24, 2.45) is 17.6 Å². The molecule has 0 aromatic heterocycles. The van der Waals surface area contributed by atoms with Crippen LogP contribution in [0.5, 0.6) is 0 Å². The molecule has 1 aliphatic heterocycles. The molecular formula is C9H18N2. The van der Waals surface area contributed by atoms with Gasteiger partial charge in [0, 0.05) is 6.04 Å². The molecule has 2 rings (SSSR count). The minimum atomic E-state index is 0.484. The molecule has 0 aromatic carbocycles. The van der Waals surface area contributed by atoms with Gasteiger partial charge in [0.05, 0.1) is 0 Å². The molecule has 0 amide bonds. The summed E-state index contributed by atoms with van der Waals surface area (Å²) in [7, 11) is 0. The van der Waals surface area contributed by atoms with E-state index < -0.39 is 0 Å². The van der Waals surface area contributed by atoms with E-state index >= 15 is 0 Å². The first-order chi connectivity index (χ1) is 5.38. The summed E-state index contributed by atoms with van der Waals surface area (Å²) in [5.74, 6) is 1.83. The fourth-order valence-electron chi connectivity index (χ4n) is 2.20. The van der Waals surface area contributed by atoms with Crippen molar-refractivity contribution in [3.8, 4) is 0 Å². The number of nitrogens with two attached hydrogens (primary N) is 1. The summed E-state index contributed by atoms with van der Waals surface area (Å²) in [4.78, 5) is 0. The normalized spacial score (nSPS) is 40.1. The smallest absolute Gasteiger partial charge is 0.00823 e. The van der Waals surface area contributed by atoms with E-state index in [2.05, 4.69) is 5.32 Å². The van der Waals surface area contributed by atoms with Gasteiger partial charge >= 0.3 is 0 Å². The SMILES string of the molecule is NC1CCNCCC1C1CC1. The van der Waals surface area contributed by atoms with E-state index in [9.17, 15) is 0 Å². The first-order valence-electron chi connectivity index (χ1n) is 4.84. The summed E-state index contributed by atoms with van der Waals surface area (Å²) >= 11 is 0. The van der Waals surface area contributed by atoms with Crippen molar-refractivity contribution >= 4 is 0 Å². The lowest BCUT2D eigenvalue weighted by Gasteiger charge is -2.19. The Balaban J connectivity index is 1.91. The molecule has 0 aromatic rings. The Morgan fingerprint density at radius 3 is 2.45 bits per heavy atom. The summed E-state index contributed by atoms with van der Waals surface area (Å²) in [6.45, 7) is 2.32. The Bertz CT molecular complexity index is 132. The Morgan fingerprint density at radius 2 is 1.73 bits per heavy atom. The van der Waals surface area contributed by atoms with Gasteiger partial charge < -0.3 is 11.1 Å². The monoisotopic (exact) mass is 154 g/mol. The third-order valence-electron chi connectivity index (χ3n) is 3.09. The van der Waals surface area contributed by atoms with Crippen molar-refractivity contribution in [3.63, 3.8) is 0 Å². The molecule has 11 heavy (non-hydrogen) atoms. The maximum absolute atomic E-state index is 6.08. The highest BCUT2D eigenvalue weighted by Crippen LogP contribution is 2.40. The lowest BCUT2D eigenvalue weighted by Crippen LogP contribution is -2.31. The van der Waals surface area contributed by atoms with Gasteiger partial charge in [-0.25, -0.2) is 0 Å². The molecular weight excluding hydrogens is 136 g/mol. The van der Waals surface area contributed by atoms with Crippen molar-refractivity contribution in [2.45, 2.75) is 31.7 Å². The average Bonchev–Trinajstić information content (AvgIpc) is 2.74. The fourth-order valence-corrected chi connectivity index (χ4v) is 2.20. The second-order valence-corrected chi connectivity index (χ2v) is 3.99. The highest BCUT2D eigenvalue weighted by Gasteiger charge is 2.35. The molecule has 2 unspecified atom stereocenters. The van der Waals surface area contributed by atoms with Gasteiger partial charge in [0.1, 0.15) is 0 Å². The molecule has 1 aliphatic carbocycles. The van der Waals surface area contributed by atoms with Gasteiger partial charge in [0.2, 0.25) is 0 Å². The standard InChI is InChI=1S/C9H18N2/c10-9-4-6-11-5-3-8(9)7-1-2-7/h7-9,11H,1-6,10H2. The topological polar surface area (TPSA) is 38.0 Å². The lowest BCUT2D eigenvalue weighted by atomic mass is 9.91. The molecule has 1 saturated heterocycles. The van der Waals surface area contributed by atoms with E-state index in [0.717, 1.165) is 18.4 Å². The maximum atomic E-state index is 6.08. The van der Waals surface area contributed by atoms with Crippen LogP contribution in [-0.2, 0) is 0 Å². The Kier molecular flexibility index (Phi) is 2.14. The summed E-state index contributed by atoms with van der Waals surface area (Å²) in [5.41, 5.74) is 6.08. The third kappa shape index (κ3) is 1.74. The Hall–Kier alpha value is -0.0800. The van der Waals surface area contributed by atoms with Crippen molar-refractivity contribution in [3.05, 3.63) is 0 Å². The highest BCUT2D eigenvalue weighted by atomic mass is 14.9. The average molecular weight is 154 g/mol. The van der Waals surface area contributed by atoms with Gasteiger partial charge in [-0.1, -0.05) is 0 Å². The van der Waals surface area contributed by atoms with Crippen LogP contribution < -0.4 is 11.1 Å². The highest BCUT2D eigenvalue weighted by molar-refractivity contribution is 4.89. The van der Waals surface area contributed by atoms with Gasteiger partial charge in [0.25, 0.3) is 0 Å². The van der Waals surface area contributed by atoms with Crippen LogP contribution in [0.3, 0.4) is 0 Å². The summed E-state index contributed by atoms with van der Waals surface area (Å²) in [6.07, 6.45) is 5.38. The van der Waals surface area contributed by atoms with E-state index in [1.807, 2.05) is 0 Å². The van der Waals surface area contributed by atoms with Gasteiger partial charge in [-0.05, 0) is 50.6 Å². The zero-order chi connectivity index (χ0) is 7.68. The molecule has 0 spiro atoms. The molecule has 0 bridgehead atoms. The van der Waals surface area contributed by atoms with Crippen LogP contribution >= 0.6 is 0 Å². The first-order valence-corrected chi connectivity index (χ1v) is 4.84. The molecule has 1 saturated carbocycles. The van der Waals surface area contributed by atoms with Gasteiger partial charge in [0.15, 0.2) is 0 Å². The quantitative estimate of drug-likeness (QED) is 0.584. The third-order valence-corrected chi connectivity index (χ3v) is 3.09. The summed E-state index contributed by atoms with van der Waals surface area (Å²) in [6, 6.07) is 0.484. The first kappa shape index (κ1) is 7.56. The van der Waals surface area contributed by atoms with Crippen molar-refractivity contribution < 1.29 is 0 Å². The fraction of sp³-hybridized carbons (Fsp3) is 1.00. The van der Waals surface area contributed by atoms with Crippen LogP contribution in [0.1, 0.15) is 25.7 Å². The zero-order valence-electron chi connectivity index (χ0n) is 7.05. The van der Waals surface area contributed by atoms with Gasteiger partial charge in [-0.15, -0.1) is 0 Å². The molecule has 3 N–H and O–H groups in total. The predicted molar refractivity (Wildman–Crippen MR) is 46.3 cm³/mol. The Morgan fingerprint density at radius 1 is 1.00 bits per heavy atom. The second kappa shape index (κ2) is 3.11. The van der Waals surface area contributed by atoms with E-state index in [1.54, 1.807) is 0 Å². The van der Waals surface area contributed by atoms with Crippen LogP contribution in [0.25, 0.3) is 0 Å². The molecule has 2 aliphatic rings. The summed E-state index contributed by atoms with van der Waals surface area (Å²) in [5, 5.41) is 3.41. The van der Waals surface area contributed by atoms with Crippen LogP contribution in [0.15, 0.2) is 0 Å². The molecule has 2 atom stereocenters. The maximum Gasteiger partial charge on any atom is 0.00823 e. The van der Waals surface area contributed by atoms with Crippen LogP contribution in [0.4, 0.5) is 0 Å². The van der Waals surface area contributed by atoms with Crippen LogP contribution in [0.2, 0.25) is 0 Å². The van der Waals surface area contributed by atoms with E-state index in [1.165, 1.54) is 32.2 Å². The minimum Gasteiger partial charge on any atom is -0.327 e. The predicted octanol–water partition coefficient (Wildman–Crippen LogP) is 0.723. The minimum absolute atomic E-state index is 0.484. The number of rotatable bonds is 1. The number of hydrogen-bond acceptors (Lipinski definition) is 2. The molecule has 0 radical (unpaired) electrons. The van der Waals surface area contributed by atoms with Crippen molar-refractivity contribution in [1.29, 1.82) is 0 Å². The molecule has 2 fully saturated rings. The van der Waals surface area contributed by atoms with Crippen LogP contribution in [0, 0.1) is 11.8 Å². The largest absolute Gasteiger partial charge is 0.327 e. The number of hydrogen-bond donors (Lipinski definition) is 2. The van der Waals surface area contributed by atoms with Gasteiger partial charge in [-0.3, -0.25) is 0 Å². The molecule has 2 nitrogen and oxygen atoms in total. The lowest BCUT2D eigenvalue weighted by molar-refractivity contribution is 0.362. The van der Waals surface area contributed by atoms with E-state index in [-0.39, 0.29) is 0 Å². The molecule has 2 heteroatoms. The van der Waals surface area contributed by atoms with Crippen molar-refractivity contribution in [2.75, 3.05) is 13.1 Å². The van der Waals surface area contributed by atoms with Gasteiger partial charge in [-0.2, -0.15) is 0 Å². The zero-order valence-corrected chi connectivity index (χ0v) is 7.05. The number of nitrogens with one attached hydrogen (secondary N) is 1. The van der Waals surface area contributed by atoms with Crippen molar-refractivity contribution in [1.82, 2.24) is 5.32 Å². The summed E-state index contributed by atoms with van der Waals surface area (Å²) < 4.78 is 0. The molecule has 64 valence electrons. The van der Waals surface area contributed by atoms with E-state index in [0.29, 0.717) is 6.04 Å².